The molecule has 0 amide bonds. The number of hydrogen-bond donors (Lipinski definition) is 0. The number of rotatable bonds is 5. The number of hydrogen-bond acceptors (Lipinski definition) is 4. The zero-order chi connectivity index (χ0) is 25.3. The van der Waals surface area contributed by atoms with E-state index in [1.807, 2.05) is 93.6 Å². The minimum Gasteiger partial charge on any atom is -0.488 e. The molecule has 4 aromatic carbocycles. The zero-order valence-electron chi connectivity index (χ0n) is 20.4. The van der Waals surface area contributed by atoms with Crippen molar-refractivity contribution in [3.05, 3.63) is 117 Å². The van der Waals surface area contributed by atoms with Gasteiger partial charge in [0.15, 0.2) is 0 Å². The van der Waals surface area contributed by atoms with Crippen LogP contribution in [0.25, 0.3) is 21.7 Å². The highest BCUT2D eigenvalue weighted by molar-refractivity contribution is 9.10. The fraction of sp³-hybridized carbons (Fsp3) is 0.167. The molecule has 5 rings (SSSR count). The standard InChI is InChI=1S/C30H26BrN3O2/c1-30(2,3)29-33-26-15-14-22(31)17-24(26)28(35)34(29)32-18-25-23-12-8-7-11-21(23)13-16-27(25)36-19-20-9-5-4-6-10-20/h4-18H,19H2,1-3H3. The second kappa shape index (κ2) is 9.70. The molecule has 0 fully saturated rings. The topological polar surface area (TPSA) is 56.5 Å². The first-order valence-electron chi connectivity index (χ1n) is 11.8. The maximum Gasteiger partial charge on any atom is 0.282 e. The lowest BCUT2D eigenvalue weighted by atomic mass is 9.95. The number of aromatic nitrogens is 2. The van der Waals surface area contributed by atoms with Crippen LogP contribution in [0.1, 0.15) is 37.7 Å². The summed E-state index contributed by atoms with van der Waals surface area (Å²) in [5.41, 5.74) is 1.92. The summed E-state index contributed by atoms with van der Waals surface area (Å²) < 4.78 is 8.47. The summed E-state index contributed by atoms with van der Waals surface area (Å²) in [5.74, 6) is 1.29. The Balaban J connectivity index is 1.66. The molecule has 0 N–H and O–H groups in total. The average molecular weight is 540 g/mol. The van der Waals surface area contributed by atoms with E-state index in [4.69, 9.17) is 14.8 Å². The number of ether oxygens (including phenoxy) is 1. The monoisotopic (exact) mass is 539 g/mol. The Labute approximate surface area is 218 Å². The number of fused-ring (bicyclic) bond motifs is 2. The van der Waals surface area contributed by atoms with Gasteiger partial charge in [0.05, 0.1) is 17.1 Å². The van der Waals surface area contributed by atoms with E-state index in [2.05, 4.69) is 22.0 Å². The lowest BCUT2D eigenvalue weighted by Crippen LogP contribution is -2.29. The van der Waals surface area contributed by atoms with E-state index in [1.54, 1.807) is 12.3 Å². The Hall–Kier alpha value is -3.77. The largest absolute Gasteiger partial charge is 0.488 e. The molecule has 0 unspecified atom stereocenters. The molecular formula is C30H26BrN3O2. The Kier molecular flexibility index (Phi) is 6.46. The van der Waals surface area contributed by atoms with Gasteiger partial charge in [-0.3, -0.25) is 4.79 Å². The van der Waals surface area contributed by atoms with Gasteiger partial charge in [0, 0.05) is 15.5 Å². The van der Waals surface area contributed by atoms with E-state index in [9.17, 15) is 4.79 Å². The molecule has 0 spiro atoms. The molecule has 6 heteroatoms. The fourth-order valence-electron chi connectivity index (χ4n) is 4.13. The molecule has 0 aliphatic heterocycles. The van der Waals surface area contributed by atoms with Crippen LogP contribution in [0.4, 0.5) is 0 Å². The number of benzene rings is 4. The average Bonchev–Trinajstić information content (AvgIpc) is 2.87. The van der Waals surface area contributed by atoms with Gasteiger partial charge in [0.2, 0.25) is 0 Å². The van der Waals surface area contributed by atoms with Crippen molar-refractivity contribution in [3.63, 3.8) is 0 Å². The molecular weight excluding hydrogens is 514 g/mol. The van der Waals surface area contributed by atoms with Crippen LogP contribution in [0.3, 0.4) is 0 Å². The molecule has 5 nitrogen and oxygen atoms in total. The van der Waals surface area contributed by atoms with E-state index in [0.29, 0.717) is 29.1 Å². The Morgan fingerprint density at radius 3 is 2.47 bits per heavy atom. The molecule has 1 heterocycles. The van der Waals surface area contributed by atoms with Gasteiger partial charge < -0.3 is 4.74 Å². The first-order chi connectivity index (χ1) is 17.3. The van der Waals surface area contributed by atoms with Gasteiger partial charge in [0.1, 0.15) is 18.2 Å². The van der Waals surface area contributed by atoms with Gasteiger partial charge in [-0.15, -0.1) is 0 Å². The Morgan fingerprint density at radius 2 is 1.69 bits per heavy atom. The van der Waals surface area contributed by atoms with Gasteiger partial charge in [-0.2, -0.15) is 9.78 Å². The highest BCUT2D eigenvalue weighted by Crippen LogP contribution is 2.28. The summed E-state index contributed by atoms with van der Waals surface area (Å²) in [4.78, 5) is 18.4. The molecule has 5 aromatic rings. The molecule has 0 atom stereocenters. The summed E-state index contributed by atoms with van der Waals surface area (Å²) in [6, 6.07) is 27.6. The van der Waals surface area contributed by atoms with Gasteiger partial charge >= 0.3 is 0 Å². The van der Waals surface area contributed by atoms with Gasteiger partial charge in [-0.25, -0.2) is 4.98 Å². The molecule has 36 heavy (non-hydrogen) atoms. The maximum atomic E-state index is 13.6. The van der Waals surface area contributed by atoms with E-state index in [-0.39, 0.29) is 5.56 Å². The van der Waals surface area contributed by atoms with Crippen LogP contribution in [0.15, 0.2) is 99.3 Å². The van der Waals surface area contributed by atoms with Gasteiger partial charge in [-0.05, 0) is 40.6 Å². The highest BCUT2D eigenvalue weighted by atomic mass is 79.9. The van der Waals surface area contributed by atoms with Gasteiger partial charge in [-0.1, -0.05) is 97.4 Å². The van der Waals surface area contributed by atoms with Crippen molar-refractivity contribution in [1.29, 1.82) is 0 Å². The molecule has 0 saturated carbocycles. The van der Waals surface area contributed by atoms with Crippen molar-refractivity contribution in [2.45, 2.75) is 32.8 Å². The summed E-state index contributed by atoms with van der Waals surface area (Å²) in [6.07, 6.45) is 1.71. The maximum absolute atomic E-state index is 13.6. The normalized spacial score (nSPS) is 12.0. The van der Waals surface area contributed by atoms with Crippen molar-refractivity contribution in [3.8, 4) is 5.75 Å². The fourth-order valence-corrected chi connectivity index (χ4v) is 4.49. The first kappa shape index (κ1) is 23.9. The van der Waals surface area contributed by atoms with Crippen molar-refractivity contribution in [2.24, 2.45) is 5.10 Å². The summed E-state index contributed by atoms with van der Waals surface area (Å²) in [5, 5.41) is 7.28. The summed E-state index contributed by atoms with van der Waals surface area (Å²) in [6.45, 7) is 6.51. The minimum atomic E-state index is -0.400. The Bertz CT molecular complexity index is 1650. The summed E-state index contributed by atoms with van der Waals surface area (Å²) in [7, 11) is 0. The van der Waals surface area contributed by atoms with E-state index in [0.717, 1.165) is 26.4 Å². The van der Waals surface area contributed by atoms with Crippen LogP contribution >= 0.6 is 15.9 Å². The van der Waals surface area contributed by atoms with E-state index in [1.165, 1.54) is 4.68 Å². The third-order valence-electron chi connectivity index (χ3n) is 5.95. The first-order valence-corrected chi connectivity index (χ1v) is 12.6. The molecule has 1 aromatic heterocycles. The molecule has 0 aliphatic rings. The van der Waals surface area contributed by atoms with Crippen molar-refractivity contribution < 1.29 is 4.74 Å². The Morgan fingerprint density at radius 1 is 0.944 bits per heavy atom. The number of halogens is 1. The lowest BCUT2D eigenvalue weighted by Gasteiger charge is -2.21. The third kappa shape index (κ3) is 4.82. The molecule has 0 bridgehead atoms. The lowest BCUT2D eigenvalue weighted by molar-refractivity contribution is 0.306. The van der Waals surface area contributed by atoms with Crippen LogP contribution in [0.5, 0.6) is 5.75 Å². The predicted octanol–water partition coefficient (Wildman–Crippen LogP) is 7.07. The van der Waals surface area contributed by atoms with Crippen LogP contribution < -0.4 is 10.3 Å². The quantitative estimate of drug-likeness (QED) is 0.224. The molecule has 0 saturated heterocycles. The molecule has 0 radical (unpaired) electrons. The summed E-state index contributed by atoms with van der Waals surface area (Å²) >= 11 is 3.47. The molecule has 0 aliphatic carbocycles. The van der Waals surface area contributed by atoms with Crippen molar-refractivity contribution in [1.82, 2.24) is 9.66 Å². The SMILES string of the molecule is CC(C)(C)c1nc2ccc(Br)cc2c(=O)n1N=Cc1c(OCc2ccccc2)ccc2ccccc12. The second-order valence-corrected chi connectivity index (χ2v) is 10.6. The zero-order valence-corrected chi connectivity index (χ0v) is 22.0. The van der Waals surface area contributed by atoms with Crippen LogP contribution in [-0.2, 0) is 12.0 Å². The van der Waals surface area contributed by atoms with Crippen LogP contribution in [0, 0.1) is 0 Å². The second-order valence-electron chi connectivity index (χ2n) is 9.68. The van der Waals surface area contributed by atoms with Crippen molar-refractivity contribution in [2.75, 3.05) is 0 Å². The minimum absolute atomic E-state index is 0.213. The van der Waals surface area contributed by atoms with Gasteiger partial charge in [0.25, 0.3) is 5.56 Å². The number of nitrogens with zero attached hydrogens (tertiary/aromatic N) is 3. The smallest absolute Gasteiger partial charge is 0.282 e. The van der Waals surface area contributed by atoms with E-state index < -0.39 is 5.41 Å². The van der Waals surface area contributed by atoms with Crippen LogP contribution in [0.2, 0.25) is 0 Å². The van der Waals surface area contributed by atoms with Crippen LogP contribution in [-0.4, -0.2) is 15.9 Å². The third-order valence-corrected chi connectivity index (χ3v) is 6.44. The molecule has 180 valence electrons. The predicted molar refractivity (Wildman–Crippen MR) is 150 cm³/mol. The highest BCUT2D eigenvalue weighted by Gasteiger charge is 2.23. The van der Waals surface area contributed by atoms with Crippen molar-refractivity contribution >= 4 is 43.8 Å². The van der Waals surface area contributed by atoms with E-state index >= 15 is 0 Å².